The standard InChI is InChI=1S/C13H15N3O3/c1-8(17)7-14-12(18)10-3-5-11(6-4-10)13-15-9(2)16-19-13/h3-6,8,17H,7H2,1-2H3,(H,14,18). The quantitative estimate of drug-likeness (QED) is 0.862. The maximum Gasteiger partial charge on any atom is 0.257 e. The van der Waals surface area contributed by atoms with Crippen LogP contribution in [0.5, 0.6) is 0 Å². The van der Waals surface area contributed by atoms with Crippen LogP contribution in [0.3, 0.4) is 0 Å². The highest BCUT2D eigenvalue weighted by molar-refractivity contribution is 5.94. The van der Waals surface area contributed by atoms with Crippen molar-refractivity contribution in [1.29, 1.82) is 0 Å². The molecule has 0 radical (unpaired) electrons. The van der Waals surface area contributed by atoms with Crippen LogP contribution in [0.1, 0.15) is 23.1 Å². The van der Waals surface area contributed by atoms with Crippen LogP contribution in [0.15, 0.2) is 28.8 Å². The number of aliphatic hydroxyl groups excluding tert-OH is 1. The van der Waals surface area contributed by atoms with E-state index in [0.717, 1.165) is 5.56 Å². The SMILES string of the molecule is Cc1noc(-c2ccc(C(=O)NCC(C)O)cc2)n1. The molecule has 6 nitrogen and oxygen atoms in total. The van der Waals surface area contributed by atoms with Gasteiger partial charge in [-0.2, -0.15) is 4.98 Å². The Hall–Kier alpha value is -2.21. The monoisotopic (exact) mass is 261 g/mol. The number of nitrogens with zero attached hydrogens (tertiary/aromatic N) is 2. The van der Waals surface area contributed by atoms with Gasteiger partial charge in [0.1, 0.15) is 0 Å². The molecule has 1 heterocycles. The molecule has 19 heavy (non-hydrogen) atoms. The number of carbonyl (C=O) groups excluding carboxylic acids is 1. The molecule has 2 rings (SSSR count). The molecular weight excluding hydrogens is 246 g/mol. The Morgan fingerprint density at radius 2 is 2.11 bits per heavy atom. The summed E-state index contributed by atoms with van der Waals surface area (Å²) in [7, 11) is 0. The molecule has 6 heteroatoms. The Bertz CT molecular complexity index is 561. The van der Waals surface area contributed by atoms with Gasteiger partial charge in [-0.05, 0) is 38.1 Å². The van der Waals surface area contributed by atoms with Gasteiger partial charge in [-0.15, -0.1) is 0 Å². The van der Waals surface area contributed by atoms with E-state index in [1.54, 1.807) is 38.1 Å². The Balaban J connectivity index is 2.08. The van der Waals surface area contributed by atoms with Crippen LogP contribution < -0.4 is 5.32 Å². The first-order valence-corrected chi connectivity index (χ1v) is 5.93. The molecule has 2 aromatic rings. The lowest BCUT2D eigenvalue weighted by Gasteiger charge is -2.07. The van der Waals surface area contributed by atoms with Crippen LogP contribution in [0.2, 0.25) is 0 Å². The fourth-order valence-corrected chi connectivity index (χ4v) is 1.52. The van der Waals surface area contributed by atoms with Crippen molar-refractivity contribution in [3.05, 3.63) is 35.7 Å². The summed E-state index contributed by atoms with van der Waals surface area (Å²) >= 11 is 0. The highest BCUT2D eigenvalue weighted by Gasteiger charge is 2.09. The Kier molecular flexibility index (Phi) is 3.91. The number of nitrogens with one attached hydrogen (secondary N) is 1. The fourth-order valence-electron chi connectivity index (χ4n) is 1.52. The zero-order valence-corrected chi connectivity index (χ0v) is 10.8. The summed E-state index contributed by atoms with van der Waals surface area (Å²) in [5, 5.41) is 15.4. The van der Waals surface area contributed by atoms with E-state index in [2.05, 4.69) is 15.5 Å². The molecule has 1 amide bonds. The number of amides is 1. The second kappa shape index (κ2) is 5.62. The number of rotatable bonds is 4. The Labute approximate surface area is 110 Å². The smallest absolute Gasteiger partial charge is 0.257 e. The minimum absolute atomic E-state index is 0.226. The van der Waals surface area contributed by atoms with E-state index in [-0.39, 0.29) is 12.5 Å². The van der Waals surface area contributed by atoms with Crippen molar-refractivity contribution in [1.82, 2.24) is 15.5 Å². The van der Waals surface area contributed by atoms with Gasteiger partial charge in [-0.1, -0.05) is 5.16 Å². The average molecular weight is 261 g/mol. The van der Waals surface area contributed by atoms with Gasteiger partial charge in [0.2, 0.25) is 0 Å². The van der Waals surface area contributed by atoms with Crippen LogP contribution in [0.4, 0.5) is 0 Å². The molecule has 0 spiro atoms. The Morgan fingerprint density at radius 1 is 1.42 bits per heavy atom. The first-order valence-electron chi connectivity index (χ1n) is 5.93. The lowest BCUT2D eigenvalue weighted by Crippen LogP contribution is -2.30. The number of carbonyl (C=O) groups is 1. The minimum Gasteiger partial charge on any atom is -0.392 e. The summed E-state index contributed by atoms with van der Waals surface area (Å²) in [6, 6.07) is 6.83. The number of benzene rings is 1. The molecule has 0 bridgehead atoms. The molecule has 1 unspecified atom stereocenters. The van der Waals surface area contributed by atoms with Gasteiger partial charge < -0.3 is 14.9 Å². The molecule has 0 fully saturated rings. The third-order valence-electron chi connectivity index (χ3n) is 2.48. The molecular formula is C13H15N3O3. The van der Waals surface area contributed by atoms with Gasteiger partial charge in [0.05, 0.1) is 6.10 Å². The van der Waals surface area contributed by atoms with Crippen LogP contribution in [0, 0.1) is 6.92 Å². The first-order chi connectivity index (χ1) is 9.06. The predicted molar refractivity (Wildman–Crippen MR) is 68.5 cm³/mol. The largest absolute Gasteiger partial charge is 0.392 e. The third-order valence-corrected chi connectivity index (χ3v) is 2.48. The normalized spacial score (nSPS) is 12.2. The van der Waals surface area contributed by atoms with Crippen LogP contribution >= 0.6 is 0 Å². The van der Waals surface area contributed by atoms with Gasteiger partial charge in [0, 0.05) is 17.7 Å². The fraction of sp³-hybridized carbons (Fsp3) is 0.308. The minimum atomic E-state index is -0.565. The molecule has 1 aromatic carbocycles. The van der Waals surface area contributed by atoms with E-state index in [1.165, 1.54) is 0 Å². The number of aryl methyl sites for hydroxylation is 1. The van der Waals surface area contributed by atoms with E-state index >= 15 is 0 Å². The van der Waals surface area contributed by atoms with Gasteiger partial charge >= 0.3 is 0 Å². The second-order valence-electron chi connectivity index (χ2n) is 4.28. The zero-order valence-electron chi connectivity index (χ0n) is 10.8. The van der Waals surface area contributed by atoms with Crippen molar-refractivity contribution in [3.8, 4) is 11.5 Å². The van der Waals surface area contributed by atoms with E-state index in [9.17, 15) is 4.79 Å². The summed E-state index contributed by atoms with van der Waals surface area (Å²) in [6.45, 7) is 3.58. The van der Waals surface area contributed by atoms with Crippen LogP contribution in [0.25, 0.3) is 11.5 Å². The molecule has 0 aliphatic carbocycles. The molecule has 0 aliphatic heterocycles. The molecule has 0 aliphatic rings. The summed E-state index contributed by atoms with van der Waals surface area (Å²) in [5.41, 5.74) is 1.27. The maximum atomic E-state index is 11.7. The van der Waals surface area contributed by atoms with Gasteiger partial charge in [0.15, 0.2) is 5.82 Å². The van der Waals surface area contributed by atoms with E-state index < -0.39 is 6.10 Å². The summed E-state index contributed by atoms with van der Waals surface area (Å²) < 4.78 is 5.03. The second-order valence-corrected chi connectivity index (χ2v) is 4.28. The molecule has 2 N–H and O–H groups in total. The van der Waals surface area contributed by atoms with Crippen molar-refractivity contribution in [3.63, 3.8) is 0 Å². The van der Waals surface area contributed by atoms with Crippen molar-refractivity contribution in [2.45, 2.75) is 20.0 Å². The topological polar surface area (TPSA) is 88.2 Å². The zero-order chi connectivity index (χ0) is 13.8. The average Bonchev–Trinajstić information content (AvgIpc) is 2.83. The highest BCUT2D eigenvalue weighted by Crippen LogP contribution is 2.17. The number of hydrogen-bond donors (Lipinski definition) is 2. The van der Waals surface area contributed by atoms with Gasteiger partial charge in [-0.3, -0.25) is 4.79 Å². The van der Waals surface area contributed by atoms with Crippen LogP contribution in [-0.2, 0) is 0 Å². The third kappa shape index (κ3) is 3.38. The number of aliphatic hydroxyl groups is 1. The molecule has 100 valence electrons. The molecule has 0 saturated heterocycles. The van der Waals surface area contributed by atoms with Crippen LogP contribution in [-0.4, -0.2) is 33.8 Å². The van der Waals surface area contributed by atoms with E-state index in [4.69, 9.17) is 9.63 Å². The summed E-state index contributed by atoms with van der Waals surface area (Å²) in [6.07, 6.45) is -0.565. The Morgan fingerprint density at radius 3 is 2.63 bits per heavy atom. The molecule has 1 atom stereocenters. The summed E-state index contributed by atoms with van der Waals surface area (Å²) in [4.78, 5) is 15.8. The highest BCUT2D eigenvalue weighted by atomic mass is 16.5. The van der Waals surface area contributed by atoms with Gasteiger partial charge in [0.25, 0.3) is 11.8 Å². The van der Waals surface area contributed by atoms with Crippen molar-refractivity contribution >= 4 is 5.91 Å². The van der Waals surface area contributed by atoms with Gasteiger partial charge in [-0.25, -0.2) is 0 Å². The van der Waals surface area contributed by atoms with E-state index in [1.807, 2.05) is 0 Å². The van der Waals surface area contributed by atoms with E-state index in [0.29, 0.717) is 17.3 Å². The molecule has 1 aromatic heterocycles. The lowest BCUT2D eigenvalue weighted by atomic mass is 10.1. The number of hydrogen-bond acceptors (Lipinski definition) is 5. The first kappa shape index (κ1) is 13.2. The lowest BCUT2D eigenvalue weighted by molar-refractivity contribution is 0.0924. The van der Waals surface area contributed by atoms with Crippen molar-refractivity contribution in [2.75, 3.05) is 6.54 Å². The number of aromatic nitrogens is 2. The van der Waals surface area contributed by atoms with Crippen molar-refractivity contribution < 1.29 is 14.4 Å². The predicted octanol–water partition coefficient (Wildman–Crippen LogP) is 1.16. The van der Waals surface area contributed by atoms with Crippen molar-refractivity contribution in [2.24, 2.45) is 0 Å². The molecule has 0 saturated carbocycles. The maximum absolute atomic E-state index is 11.7. The summed E-state index contributed by atoms with van der Waals surface area (Å²) in [5.74, 6) is 0.761.